The van der Waals surface area contributed by atoms with E-state index < -0.39 is 12.1 Å². The molecule has 0 spiro atoms. The molecule has 6 nitrogen and oxygen atoms in total. The second kappa shape index (κ2) is 50.5. The standard InChI is InChI=1S/C55H101NO5/c1-3-5-7-9-11-13-15-17-19-20-21-22-24-26-28-33-37-41-45-49-55(60)61-50-46-42-38-34-30-29-32-36-40-44-48-54(59)56-52(51-57)53(58)47-43-39-35-31-27-25-23-18-16-14-12-10-8-6-4-2/h11,13,17,19,30,34,43,47,52-53,57-58H,3-10,12,14-16,18,20-29,31-33,35-42,44-46,48-51H2,1-2H3,(H,56,59)/b13-11-,19-17-,34-30-,47-43+. The third-order valence-corrected chi connectivity index (χ3v) is 11.8. The van der Waals surface area contributed by atoms with Gasteiger partial charge in [0.05, 0.1) is 25.4 Å². The number of aliphatic hydroxyl groups is 2. The van der Waals surface area contributed by atoms with E-state index in [0.717, 1.165) is 83.5 Å². The first-order valence-electron chi connectivity index (χ1n) is 26.4. The third kappa shape index (κ3) is 47.1. The van der Waals surface area contributed by atoms with Gasteiger partial charge in [0.15, 0.2) is 0 Å². The van der Waals surface area contributed by atoms with E-state index in [0.29, 0.717) is 19.4 Å². The van der Waals surface area contributed by atoms with Gasteiger partial charge < -0.3 is 20.3 Å². The summed E-state index contributed by atoms with van der Waals surface area (Å²) in [4.78, 5) is 24.5. The maximum Gasteiger partial charge on any atom is 0.305 e. The average Bonchev–Trinajstić information content (AvgIpc) is 3.26. The molecule has 0 fully saturated rings. The Morgan fingerprint density at radius 1 is 0.459 bits per heavy atom. The number of esters is 1. The van der Waals surface area contributed by atoms with Gasteiger partial charge in [0, 0.05) is 12.8 Å². The highest BCUT2D eigenvalue weighted by Crippen LogP contribution is 2.15. The number of nitrogens with one attached hydrogen (secondary N) is 1. The normalized spacial score (nSPS) is 13.0. The lowest BCUT2D eigenvalue weighted by Gasteiger charge is -2.20. The van der Waals surface area contributed by atoms with Crippen LogP contribution in [0, 0.1) is 0 Å². The van der Waals surface area contributed by atoms with Crippen molar-refractivity contribution in [1.29, 1.82) is 0 Å². The van der Waals surface area contributed by atoms with Gasteiger partial charge in [0.2, 0.25) is 5.91 Å². The van der Waals surface area contributed by atoms with Crippen molar-refractivity contribution in [2.24, 2.45) is 0 Å². The van der Waals surface area contributed by atoms with Crippen LogP contribution in [0.5, 0.6) is 0 Å². The highest BCUT2D eigenvalue weighted by Gasteiger charge is 2.18. The molecule has 0 aliphatic rings. The molecule has 2 unspecified atom stereocenters. The van der Waals surface area contributed by atoms with Crippen LogP contribution in [-0.4, -0.2) is 47.4 Å². The number of amides is 1. The average molecular weight is 856 g/mol. The van der Waals surface area contributed by atoms with E-state index in [1.807, 2.05) is 6.08 Å². The zero-order valence-corrected chi connectivity index (χ0v) is 40.4. The number of carbonyl (C=O) groups is 2. The first-order chi connectivity index (χ1) is 30.0. The van der Waals surface area contributed by atoms with Crippen LogP contribution in [0.15, 0.2) is 48.6 Å². The van der Waals surface area contributed by atoms with Crippen molar-refractivity contribution in [3.63, 3.8) is 0 Å². The van der Waals surface area contributed by atoms with Gasteiger partial charge >= 0.3 is 5.97 Å². The number of carbonyl (C=O) groups excluding carboxylic acids is 2. The van der Waals surface area contributed by atoms with E-state index in [4.69, 9.17) is 4.74 Å². The predicted octanol–water partition coefficient (Wildman–Crippen LogP) is 15.8. The van der Waals surface area contributed by atoms with Gasteiger partial charge in [-0.3, -0.25) is 9.59 Å². The molecule has 0 aromatic carbocycles. The van der Waals surface area contributed by atoms with Crippen molar-refractivity contribution in [2.75, 3.05) is 13.2 Å². The molecule has 0 rings (SSSR count). The zero-order valence-electron chi connectivity index (χ0n) is 40.4. The fourth-order valence-corrected chi connectivity index (χ4v) is 7.71. The Kier molecular flexibility index (Phi) is 48.7. The van der Waals surface area contributed by atoms with Crippen LogP contribution in [0.3, 0.4) is 0 Å². The Balaban J connectivity index is 3.55. The lowest BCUT2D eigenvalue weighted by Crippen LogP contribution is -2.45. The number of hydrogen-bond acceptors (Lipinski definition) is 5. The van der Waals surface area contributed by atoms with E-state index in [1.165, 1.54) is 154 Å². The summed E-state index contributed by atoms with van der Waals surface area (Å²) in [6, 6.07) is -0.654. The van der Waals surface area contributed by atoms with E-state index in [-0.39, 0.29) is 18.5 Å². The number of unbranched alkanes of at least 4 members (excludes halogenated alkanes) is 31. The number of rotatable bonds is 48. The summed E-state index contributed by atoms with van der Waals surface area (Å²) >= 11 is 0. The second-order valence-corrected chi connectivity index (χ2v) is 17.8. The fourth-order valence-electron chi connectivity index (χ4n) is 7.71. The van der Waals surface area contributed by atoms with E-state index >= 15 is 0 Å². The molecule has 6 heteroatoms. The van der Waals surface area contributed by atoms with Gasteiger partial charge in [-0.15, -0.1) is 0 Å². The molecule has 2 atom stereocenters. The zero-order chi connectivity index (χ0) is 44.4. The molecular formula is C55H101NO5. The topological polar surface area (TPSA) is 95.9 Å². The molecule has 0 bridgehead atoms. The van der Waals surface area contributed by atoms with E-state index in [1.54, 1.807) is 6.08 Å². The fraction of sp³-hybridized carbons (Fsp3) is 0.818. The molecule has 0 heterocycles. The van der Waals surface area contributed by atoms with E-state index in [2.05, 4.69) is 55.6 Å². The summed E-state index contributed by atoms with van der Waals surface area (Å²) in [6.45, 7) is 4.78. The van der Waals surface area contributed by atoms with Gasteiger partial charge in [-0.1, -0.05) is 210 Å². The predicted molar refractivity (Wildman–Crippen MR) is 264 cm³/mol. The molecule has 0 saturated carbocycles. The summed E-state index contributed by atoms with van der Waals surface area (Å²) in [6.07, 6.45) is 62.6. The van der Waals surface area contributed by atoms with Crippen LogP contribution in [-0.2, 0) is 14.3 Å². The molecule has 0 aliphatic heterocycles. The lowest BCUT2D eigenvalue weighted by atomic mass is 10.0. The quantitative estimate of drug-likeness (QED) is 0.0322. The molecule has 0 saturated heterocycles. The minimum atomic E-state index is -0.867. The molecule has 0 aromatic heterocycles. The van der Waals surface area contributed by atoms with Gasteiger partial charge in [-0.2, -0.15) is 0 Å². The van der Waals surface area contributed by atoms with Crippen molar-refractivity contribution in [3.8, 4) is 0 Å². The molecule has 3 N–H and O–H groups in total. The summed E-state index contributed by atoms with van der Waals surface area (Å²) in [7, 11) is 0. The van der Waals surface area contributed by atoms with Gasteiger partial charge in [-0.25, -0.2) is 0 Å². The molecule has 0 aliphatic carbocycles. The minimum Gasteiger partial charge on any atom is -0.466 e. The molecule has 61 heavy (non-hydrogen) atoms. The highest BCUT2D eigenvalue weighted by atomic mass is 16.5. The Hall–Kier alpha value is -2.18. The minimum absolute atomic E-state index is 0.0430. The summed E-state index contributed by atoms with van der Waals surface area (Å²) in [5.74, 6) is -0.148. The van der Waals surface area contributed by atoms with Gasteiger partial charge in [0.25, 0.3) is 0 Å². The van der Waals surface area contributed by atoms with Crippen molar-refractivity contribution in [1.82, 2.24) is 5.32 Å². The lowest BCUT2D eigenvalue weighted by molar-refractivity contribution is -0.143. The number of aliphatic hydroxyl groups excluding tert-OH is 2. The van der Waals surface area contributed by atoms with E-state index in [9.17, 15) is 19.8 Å². The van der Waals surface area contributed by atoms with Crippen LogP contribution in [0.25, 0.3) is 0 Å². The number of ether oxygens (including phenoxy) is 1. The van der Waals surface area contributed by atoms with Crippen LogP contribution in [0.2, 0.25) is 0 Å². The Labute approximate surface area is 378 Å². The van der Waals surface area contributed by atoms with Crippen molar-refractivity contribution < 1.29 is 24.5 Å². The first-order valence-corrected chi connectivity index (χ1v) is 26.4. The van der Waals surface area contributed by atoms with Gasteiger partial charge in [0.1, 0.15) is 0 Å². The molecule has 0 aromatic rings. The molecule has 0 radical (unpaired) electrons. The largest absolute Gasteiger partial charge is 0.466 e. The van der Waals surface area contributed by atoms with Gasteiger partial charge in [-0.05, 0) is 89.9 Å². The number of hydrogen-bond donors (Lipinski definition) is 3. The summed E-state index contributed by atoms with van der Waals surface area (Å²) in [5.41, 5.74) is 0. The maximum absolute atomic E-state index is 12.4. The Morgan fingerprint density at radius 3 is 1.30 bits per heavy atom. The molecule has 356 valence electrons. The molecular weight excluding hydrogens is 755 g/mol. The van der Waals surface area contributed by atoms with Crippen LogP contribution >= 0.6 is 0 Å². The smallest absolute Gasteiger partial charge is 0.305 e. The Bertz CT molecular complexity index is 1040. The van der Waals surface area contributed by atoms with Crippen molar-refractivity contribution >= 4 is 11.9 Å². The number of allylic oxidation sites excluding steroid dienone is 7. The van der Waals surface area contributed by atoms with Crippen molar-refractivity contribution in [2.45, 2.75) is 276 Å². The highest BCUT2D eigenvalue weighted by molar-refractivity contribution is 5.76. The van der Waals surface area contributed by atoms with Crippen molar-refractivity contribution in [3.05, 3.63) is 48.6 Å². The Morgan fingerprint density at radius 2 is 0.820 bits per heavy atom. The maximum atomic E-state index is 12.4. The van der Waals surface area contributed by atoms with Crippen LogP contribution < -0.4 is 5.32 Å². The summed E-state index contributed by atoms with van der Waals surface area (Å²) < 4.78 is 5.44. The molecule has 1 amide bonds. The monoisotopic (exact) mass is 856 g/mol. The van der Waals surface area contributed by atoms with Crippen LogP contribution in [0.1, 0.15) is 264 Å². The van der Waals surface area contributed by atoms with Crippen LogP contribution in [0.4, 0.5) is 0 Å². The second-order valence-electron chi connectivity index (χ2n) is 17.8. The third-order valence-electron chi connectivity index (χ3n) is 11.8. The summed E-state index contributed by atoms with van der Waals surface area (Å²) in [5, 5.41) is 23.0. The first kappa shape index (κ1) is 58.8. The SMILES string of the molecule is CCCCC/C=C\C/C=C\CCCCCCCCCCCC(=O)OCCCC/C=C\CCCCCCC(=O)NC(CO)C(O)/C=C/CCCCCCCCCCCCCCC.